The van der Waals surface area contributed by atoms with Gasteiger partial charge >= 0.3 is 0 Å². The van der Waals surface area contributed by atoms with E-state index in [0.717, 1.165) is 70.3 Å². The Balaban J connectivity index is 0.000000197. The van der Waals surface area contributed by atoms with E-state index < -0.39 is 0 Å². The fourth-order valence-corrected chi connectivity index (χ4v) is 16.8. The number of hydrogen-bond acceptors (Lipinski definition) is 8. The number of rotatable bonds is 16. The molecule has 12 nitrogen and oxygen atoms in total. The first-order chi connectivity index (χ1) is 42.9. The van der Waals surface area contributed by atoms with Crippen molar-refractivity contribution in [2.24, 2.45) is 28.6 Å². The van der Waals surface area contributed by atoms with Crippen LogP contribution in [0.25, 0.3) is 0 Å². The third-order valence-corrected chi connectivity index (χ3v) is 22.9. The standard InChI is InChI=1S/C30H45N3O2.C27H42N2O2.C21H32N2O.2H2/c1-29(2,3)14-18-32-19-15-30(16-20-32)13-12-26(24-8-4-5-9-25(24)30)31-27(34)23-7-6-17-33(21-23)28(35)22-10-11-22;1-6-29(25(31)12-11-21(2)30)24-13-14-27(23-10-8-7-9-22(23)24)16-19-28(20-17-27)18-15-26(3,4)5;1-4-16(2)15-23-13-11-21(12-14-23)10-9-20(22-17(3)24)18-7-5-6-8-19(18)21;;/h4-5,8-9,22-23,26H,6-7,10-21H2,1-3H3,(H,31,34);7-10,24H,6,11-20H2,1-5H3;5-8,16,20H,4,9-15H2,1-3H3,(H,22,24);2*1H/t23?,26-;24-;16-,20+;;/m101../s1. The fraction of sp³-hybridized carbons (Fsp3) is 0.705. The largest absolute Gasteiger partial charge is 0.350 e. The van der Waals surface area contributed by atoms with Crippen molar-refractivity contribution in [2.75, 3.05) is 78.5 Å². The number of carbonyl (C=O) groups is 5. The van der Waals surface area contributed by atoms with Gasteiger partial charge in [-0.3, -0.25) is 19.2 Å². The van der Waals surface area contributed by atoms with Crippen LogP contribution in [0.3, 0.4) is 0 Å². The number of piperidine rings is 4. The van der Waals surface area contributed by atoms with Crippen molar-refractivity contribution in [1.29, 1.82) is 0 Å². The number of fused-ring (bicyclic) bond motifs is 6. The second kappa shape index (κ2) is 30.4. The molecule has 4 amide bonds. The van der Waals surface area contributed by atoms with Crippen LogP contribution in [0.2, 0.25) is 0 Å². The van der Waals surface area contributed by atoms with E-state index in [1.807, 2.05) is 9.80 Å². The molecule has 8 aliphatic rings. The third-order valence-electron chi connectivity index (χ3n) is 22.9. The van der Waals surface area contributed by atoms with Gasteiger partial charge in [0.05, 0.1) is 24.0 Å². The monoisotopic (exact) mass is 1240 g/mol. The molecular formula is C78H123N7O5. The zero-order valence-corrected chi connectivity index (χ0v) is 58.0. The van der Waals surface area contributed by atoms with E-state index in [-0.39, 0.29) is 73.1 Å². The second-order valence-electron chi connectivity index (χ2n) is 31.9. The molecule has 4 heterocycles. The minimum Gasteiger partial charge on any atom is -0.350 e. The summed E-state index contributed by atoms with van der Waals surface area (Å²) in [5.41, 5.74) is 10.1. The Morgan fingerprint density at radius 1 is 0.556 bits per heavy atom. The van der Waals surface area contributed by atoms with Crippen LogP contribution in [-0.4, -0.2) is 132 Å². The number of amides is 4. The normalized spacial score (nSPS) is 24.2. The van der Waals surface area contributed by atoms with Crippen LogP contribution in [0, 0.1) is 28.6 Å². The maximum atomic E-state index is 13.3. The second-order valence-corrected chi connectivity index (χ2v) is 31.9. The summed E-state index contributed by atoms with van der Waals surface area (Å²) in [4.78, 5) is 73.7. The lowest BCUT2D eigenvalue weighted by molar-refractivity contribution is -0.137. The van der Waals surface area contributed by atoms with Crippen LogP contribution in [-0.2, 0) is 40.2 Å². The predicted octanol–water partition coefficient (Wildman–Crippen LogP) is 15.1. The van der Waals surface area contributed by atoms with Crippen LogP contribution in [0.5, 0.6) is 0 Å². The van der Waals surface area contributed by atoms with Gasteiger partial charge in [0.1, 0.15) is 5.78 Å². The molecule has 1 unspecified atom stereocenters. The Morgan fingerprint density at radius 3 is 1.47 bits per heavy atom. The lowest BCUT2D eigenvalue weighted by atomic mass is 9.63. The lowest BCUT2D eigenvalue weighted by Gasteiger charge is -2.49. The minimum absolute atomic E-state index is 0. The molecule has 4 aliphatic carbocycles. The molecule has 5 atom stereocenters. The van der Waals surface area contributed by atoms with E-state index in [0.29, 0.717) is 42.2 Å². The molecule has 3 aromatic carbocycles. The van der Waals surface area contributed by atoms with Crippen LogP contribution in [0.15, 0.2) is 72.8 Å². The van der Waals surface area contributed by atoms with Crippen molar-refractivity contribution >= 4 is 29.4 Å². The molecule has 1 saturated carbocycles. The number of benzene rings is 3. The molecule has 0 aromatic heterocycles. The molecule has 11 rings (SSSR count). The highest BCUT2D eigenvalue weighted by Gasteiger charge is 2.47. The topological polar surface area (TPSA) is 126 Å². The van der Waals surface area contributed by atoms with Gasteiger partial charge in [-0.15, -0.1) is 0 Å². The van der Waals surface area contributed by atoms with Crippen molar-refractivity contribution in [3.8, 4) is 0 Å². The maximum absolute atomic E-state index is 13.3. The number of hydrogen-bond donors (Lipinski definition) is 2. The van der Waals surface area contributed by atoms with E-state index in [1.165, 1.54) is 156 Å². The first-order valence-electron chi connectivity index (χ1n) is 36.0. The molecule has 4 aliphatic heterocycles. The number of Topliss-reactive ketones (excluding diaryl/α,β-unsaturated/α-hetero) is 1. The van der Waals surface area contributed by atoms with E-state index in [4.69, 9.17) is 0 Å². The van der Waals surface area contributed by atoms with E-state index in [9.17, 15) is 24.0 Å². The SMILES string of the molecule is CC(C)(C)CCN1CCC2(CC[C@@H](NC(=O)C3CCCN(C(=O)C4CC4)C3)c3ccccc32)CC1.CCN(C(=O)CCC(C)=O)[C@H]1CCC2(CCN(CCC(C)(C)C)CC2)c2ccccc21.CC[C@@H](C)CN1CCC2(CC[C@H](NC(C)=O)c3ccccc32)CC1.[HH].[HH]. The minimum atomic E-state index is -0.0689. The van der Waals surface area contributed by atoms with Crippen molar-refractivity contribution < 1.29 is 26.8 Å². The molecule has 5 fully saturated rings. The zero-order valence-electron chi connectivity index (χ0n) is 58.0. The summed E-state index contributed by atoms with van der Waals surface area (Å²) in [6.07, 6.45) is 22.3. The van der Waals surface area contributed by atoms with Gasteiger partial charge in [0, 0.05) is 54.7 Å². The van der Waals surface area contributed by atoms with Crippen LogP contribution in [0.1, 0.15) is 265 Å². The summed E-state index contributed by atoms with van der Waals surface area (Å²) in [5, 5.41) is 6.58. The van der Waals surface area contributed by atoms with Crippen LogP contribution < -0.4 is 10.6 Å². The fourth-order valence-electron chi connectivity index (χ4n) is 16.8. The summed E-state index contributed by atoms with van der Waals surface area (Å²) in [6, 6.07) is 27.0. The Labute approximate surface area is 547 Å². The first kappa shape index (κ1) is 69.4. The molecule has 90 heavy (non-hydrogen) atoms. The number of nitrogens with one attached hydrogen (secondary N) is 2. The van der Waals surface area contributed by atoms with E-state index in [1.54, 1.807) is 13.8 Å². The number of nitrogens with zero attached hydrogens (tertiary/aromatic N) is 5. The summed E-state index contributed by atoms with van der Waals surface area (Å²) in [6.45, 7) is 36.7. The first-order valence-corrected chi connectivity index (χ1v) is 36.0. The molecule has 2 N–H and O–H groups in total. The molecule has 3 spiro atoms. The molecule has 12 heteroatoms. The van der Waals surface area contributed by atoms with E-state index in [2.05, 4.69) is 160 Å². The van der Waals surface area contributed by atoms with Crippen molar-refractivity contribution in [1.82, 2.24) is 35.1 Å². The third kappa shape index (κ3) is 17.7. The maximum Gasteiger partial charge on any atom is 0.225 e. The molecule has 3 aromatic rings. The van der Waals surface area contributed by atoms with Gasteiger partial charge in [0.25, 0.3) is 0 Å². The Hall–Kier alpha value is -4.91. The molecule has 4 saturated heterocycles. The molecule has 0 radical (unpaired) electrons. The summed E-state index contributed by atoms with van der Waals surface area (Å²) < 4.78 is 0. The van der Waals surface area contributed by atoms with Gasteiger partial charge in [-0.1, -0.05) is 135 Å². The van der Waals surface area contributed by atoms with Gasteiger partial charge in [0.15, 0.2) is 0 Å². The predicted molar refractivity (Wildman–Crippen MR) is 370 cm³/mol. The summed E-state index contributed by atoms with van der Waals surface area (Å²) in [7, 11) is 0. The number of ketones is 1. The number of likely N-dealkylation sites (tertiary alicyclic amines) is 4. The highest BCUT2D eigenvalue weighted by Crippen LogP contribution is 2.52. The van der Waals surface area contributed by atoms with Gasteiger partial charge in [0.2, 0.25) is 23.6 Å². The van der Waals surface area contributed by atoms with Crippen LogP contribution in [0.4, 0.5) is 0 Å². The number of carbonyl (C=O) groups excluding carboxylic acids is 5. The quantitative estimate of drug-likeness (QED) is 0.145. The van der Waals surface area contributed by atoms with Crippen molar-refractivity contribution in [3.05, 3.63) is 106 Å². The van der Waals surface area contributed by atoms with Gasteiger partial charge < -0.3 is 39.9 Å². The molecule has 500 valence electrons. The molecular weight excluding hydrogens is 1110 g/mol. The smallest absolute Gasteiger partial charge is 0.225 e. The van der Waals surface area contributed by atoms with Crippen molar-refractivity contribution in [3.63, 3.8) is 0 Å². The summed E-state index contributed by atoms with van der Waals surface area (Å²) in [5.74, 6) is 1.66. The average Bonchev–Trinajstić information content (AvgIpc) is 0.845. The van der Waals surface area contributed by atoms with Crippen molar-refractivity contribution in [2.45, 2.75) is 245 Å². The van der Waals surface area contributed by atoms with Crippen LogP contribution >= 0.6 is 0 Å². The Morgan fingerprint density at radius 2 is 1.01 bits per heavy atom. The highest BCUT2D eigenvalue weighted by atomic mass is 16.2. The highest BCUT2D eigenvalue weighted by molar-refractivity contribution is 5.85. The Bertz CT molecular complexity index is 2890. The molecule has 0 bridgehead atoms. The van der Waals surface area contributed by atoms with E-state index >= 15 is 0 Å². The summed E-state index contributed by atoms with van der Waals surface area (Å²) >= 11 is 0. The van der Waals surface area contributed by atoms with Gasteiger partial charge in [-0.2, -0.15) is 0 Å². The van der Waals surface area contributed by atoms with Gasteiger partial charge in [-0.05, 0) is 248 Å². The average molecular weight is 1240 g/mol. The Kier molecular flexibility index (Phi) is 23.5. The zero-order chi connectivity index (χ0) is 64.4. The van der Waals surface area contributed by atoms with Gasteiger partial charge in [-0.25, -0.2) is 0 Å². The lowest BCUT2D eigenvalue weighted by Crippen LogP contribution is -2.49.